The van der Waals surface area contributed by atoms with Gasteiger partial charge in [-0.05, 0) is 37.1 Å². The summed E-state index contributed by atoms with van der Waals surface area (Å²) >= 11 is 6.17. The summed E-state index contributed by atoms with van der Waals surface area (Å²) in [7, 11) is 1.75. The van der Waals surface area contributed by atoms with Crippen molar-refractivity contribution in [2.45, 2.75) is 31.5 Å². The highest BCUT2D eigenvalue weighted by molar-refractivity contribution is 6.31. The minimum Gasteiger partial charge on any atom is -0.392 e. The van der Waals surface area contributed by atoms with Crippen LogP contribution in [0.15, 0.2) is 30.5 Å². The number of aliphatic hydroxyl groups is 1. The summed E-state index contributed by atoms with van der Waals surface area (Å²) in [6.45, 7) is 1.84. The van der Waals surface area contributed by atoms with Gasteiger partial charge in [-0.2, -0.15) is 0 Å². The molecule has 2 aliphatic rings. The van der Waals surface area contributed by atoms with E-state index in [2.05, 4.69) is 16.0 Å². The number of methoxy groups -OCH3 is 1. The third kappa shape index (κ3) is 2.32. The molecule has 122 valence electrons. The third-order valence-corrected chi connectivity index (χ3v) is 5.98. The number of benzene rings is 1. The van der Waals surface area contributed by atoms with Gasteiger partial charge < -0.3 is 14.7 Å². The minimum atomic E-state index is -0.224. The molecule has 1 saturated heterocycles. The monoisotopic (exact) mass is 332 g/mol. The van der Waals surface area contributed by atoms with Crippen LogP contribution < -0.4 is 4.90 Å². The Hall–Kier alpha value is -1.36. The second-order valence-corrected chi connectivity index (χ2v) is 7.12. The van der Waals surface area contributed by atoms with E-state index in [0.29, 0.717) is 0 Å². The molecule has 1 spiro atoms. The molecule has 2 heterocycles. The fourth-order valence-corrected chi connectivity index (χ4v) is 4.43. The van der Waals surface area contributed by atoms with Gasteiger partial charge in [0.2, 0.25) is 0 Å². The SMILES string of the molecule is CO[C@H]1C[C@@H](O)C12CCN(c1ccnc3ccc(Cl)cc13)CC2. The van der Waals surface area contributed by atoms with Crippen LogP contribution in [0.2, 0.25) is 5.02 Å². The molecule has 2 aromatic rings. The van der Waals surface area contributed by atoms with E-state index in [4.69, 9.17) is 16.3 Å². The smallest absolute Gasteiger partial charge is 0.0723 e. The van der Waals surface area contributed by atoms with Crippen molar-refractivity contribution in [3.63, 3.8) is 0 Å². The number of pyridine rings is 1. The number of rotatable bonds is 2. The lowest BCUT2D eigenvalue weighted by Crippen LogP contribution is -2.62. The predicted octanol–water partition coefficient (Wildman–Crippen LogP) is 3.25. The number of piperidine rings is 1. The first kappa shape index (κ1) is 15.2. The van der Waals surface area contributed by atoms with Crippen molar-refractivity contribution in [3.8, 4) is 0 Å². The Morgan fingerprint density at radius 1 is 1.30 bits per heavy atom. The van der Waals surface area contributed by atoms with Gasteiger partial charge in [-0.1, -0.05) is 11.6 Å². The van der Waals surface area contributed by atoms with Crippen molar-refractivity contribution in [2.24, 2.45) is 5.41 Å². The molecule has 1 N–H and O–H groups in total. The lowest BCUT2D eigenvalue weighted by atomic mass is 9.58. The van der Waals surface area contributed by atoms with E-state index in [9.17, 15) is 5.11 Å². The first-order chi connectivity index (χ1) is 11.1. The lowest BCUT2D eigenvalue weighted by Gasteiger charge is -2.56. The number of nitrogens with zero attached hydrogens (tertiary/aromatic N) is 2. The number of anilines is 1. The Balaban J connectivity index is 1.61. The molecular weight excluding hydrogens is 312 g/mol. The predicted molar refractivity (Wildman–Crippen MR) is 92.1 cm³/mol. The maximum absolute atomic E-state index is 10.3. The van der Waals surface area contributed by atoms with Crippen LogP contribution in [0, 0.1) is 5.41 Å². The average Bonchev–Trinajstić information content (AvgIpc) is 2.59. The van der Waals surface area contributed by atoms with Crippen molar-refractivity contribution in [3.05, 3.63) is 35.5 Å². The maximum atomic E-state index is 10.3. The van der Waals surface area contributed by atoms with Gasteiger partial charge in [-0.3, -0.25) is 4.98 Å². The Labute approximate surface area is 141 Å². The van der Waals surface area contributed by atoms with Gasteiger partial charge in [0.1, 0.15) is 0 Å². The zero-order chi connectivity index (χ0) is 16.0. The lowest BCUT2D eigenvalue weighted by molar-refractivity contribution is -0.190. The summed E-state index contributed by atoms with van der Waals surface area (Å²) in [5, 5.41) is 12.1. The summed E-state index contributed by atoms with van der Waals surface area (Å²) in [6, 6.07) is 7.88. The van der Waals surface area contributed by atoms with Crippen molar-refractivity contribution in [1.29, 1.82) is 0 Å². The number of halogens is 1. The van der Waals surface area contributed by atoms with Crippen LogP contribution in [0.3, 0.4) is 0 Å². The van der Waals surface area contributed by atoms with E-state index in [1.807, 2.05) is 24.4 Å². The molecule has 0 amide bonds. The van der Waals surface area contributed by atoms with E-state index in [1.54, 1.807) is 7.11 Å². The summed E-state index contributed by atoms with van der Waals surface area (Å²) in [5.41, 5.74) is 2.09. The molecule has 0 radical (unpaired) electrons. The largest absolute Gasteiger partial charge is 0.392 e. The number of hydrogen-bond acceptors (Lipinski definition) is 4. The maximum Gasteiger partial charge on any atom is 0.0723 e. The quantitative estimate of drug-likeness (QED) is 0.917. The molecule has 4 rings (SSSR count). The molecule has 5 heteroatoms. The zero-order valence-electron chi connectivity index (χ0n) is 13.2. The Morgan fingerprint density at radius 2 is 2.09 bits per heavy atom. The van der Waals surface area contributed by atoms with Crippen molar-refractivity contribution >= 4 is 28.2 Å². The molecule has 2 atom stereocenters. The van der Waals surface area contributed by atoms with Gasteiger partial charge >= 0.3 is 0 Å². The van der Waals surface area contributed by atoms with Gasteiger partial charge in [-0.15, -0.1) is 0 Å². The first-order valence-corrected chi connectivity index (χ1v) is 8.52. The minimum absolute atomic E-state index is 0.0499. The molecule has 1 aromatic heterocycles. The van der Waals surface area contributed by atoms with Crippen LogP contribution in [0.1, 0.15) is 19.3 Å². The average molecular weight is 333 g/mol. The highest BCUT2D eigenvalue weighted by Gasteiger charge is 2.55. The fraction of sp³-hybridized carbons (Fsp3) is 0.500. The van der Waals surface area contributed by atoms with Crippen molar-refractivity contribution < 1.29 is 9.84 Å². The topological polar surface area (TPSA) is 45.6 Å². The summed E-state index contributed by atoms with van der Waals surface area (Å²) in [5.74, 6) is 0. The van der Waals surface area contributed by atoms with Crippen LogP contribution in [0.25, 0.3) is 10.9 Å². The summed E-state index contributed by atoms with van der Waals surface area (Å²) < 4.78 is 5.57. The molecule has 1 saturated carbocycles. The third-order valence-electron chi connectivity index (χ3n) is 5.74. The normalized spacial score (nSPS) is 26.5. The Morgan fingerprint density at radius 3 is 2.78 bits per heavy atom. The van der Waals surface area contributed by atoms with Crippen LogP contribution in [-0.2, 0) is 4.74 Å². The molecule has 2 fully saturated rings. The highest BCUT2D eigenvalue weighted by atomic mass is 35.5. The van der Waals surface area contributed by atoms with E-state index in [-0.39, 0.29) is 17.6 Å². The number of aromatic nitrogens is 1. The molecule has 1 aromatic carbocycles. The molecule has 4 nitrogen and oxygen atoms in total. The van der Waals surface area contributed by atoms with Gasteiger partial charge in [-0.25, -0.2) is 0 Å². The first-order valence-electron chi connectivity index (χ1n) is 8.14. The molecular formula is C18H21ClN2O2. The van der Waals surface area contributed by atoms with Crippen LogP contribution in [0.4, 0.5) is 5.69 Å². The Kier molecular flexibility index (Phi) is 3.71. The van der Waals surface area contributed by atoms with E-state index >= 15 is 0 Å². The molecule has 0 bridgehead atoms. The summed E-state index contributed by atoms with van der Waals surface area (Å²) in [6.07, 6.45) is 4.51. The molecule has 1 aliphatic carbocycles. The fourth-order valence-electron chi connectivity index (χ4n) is 4.26. The van der Waals surface area contributed by atoms with Gasteiger partial charge in [0.25, 0.3) is 0 Å². The van der Waals surface area contributed by atoms with Gasteiger partial charge in [0.05, 0.1) is 17.7 Å². The number of fused-ring (bicyclic) bond motifs is 1. The molecule has 1 aliphatic heterocycles. The zero-order valence-corrected chi connectivity index (χ0v) is 14.0. The highest BCUT2D eigenvalue weighted by Crippen LogP contribution is 2.51. The van der Waals surface area contributed by atoms with E-state index in [1.165, 1.54) is 5.69 Å². The van der Waals surface area contributed by atoms with Crippen molar-refractivity contribution in [2.75, 3.05) is 25.1 Å². The van der Waals surface area contributed by atoms with E-state index < -0.39 is 0 Å². The van der Waals surface area contributed by atoms with Crippen LogP contribution in [-0.4, -0.2) is 42.5 Å². The number of hydrogen-bond donors (Lipinski definition) is 1. The second-order valence-electron chi connectivity index (χ2n) is 6.69. The van der Waals surface area contributed by atoms with Crippen LogP contribution in [0.5, 0.6) is 0 Å². The van der Waals surface area contributed by atoms with Crippen LogP contribution >= 0.6 is 11.6 Å². The van der Waals surface area contributed by atoms with Gasteiger partial charge in [0.15, 0.2) is 0 Å². The van der Waals surface area contributed by atoms with Gasteiger partial charge in [0, 0.05) is 54.3 Å². The summed E-state index contributed by atoms with van der Waals surface area (Å²) in [4.78, 5) is 6.80. The number of aliphatic hydroxyl groups excluding tert-OH is 1. The van der Waals surface area contributed by atoms with E-state index in [0.717, 1.165) is 48.3 Å². The second kappa shape index (κ2) is 5.62. The Bertz CT molecular complexity index is 728. The number of ether oxygens (including phenoxy) is 1. The molecule has 23 heavy (non-hydrogen) atoms. The molecule has 0 unspecified atom stereocenters. The van der Waals surface area contributed by atoms with Crippen molar-refractivity contribution in [1.82, 2.24) is 4.98 Å². The standard InChI is InChI=1S/C18H21ClN2O2/c1-23-17-11-16(22)18(17)5-8-21(9-6-18)15-4-7-20-14-3-2-12(19)10-13(14)15/h2-4,7,10,16-17,22H,5-6,8-9,11H2,1H3/t16-,17+/m1/s1.